The predicted octanol–water partition coefficient (Wildman–Crippen LogP) is -0.829. The van der Waals surface area contributed by atoms with Crippen molar-refractivity contribution in [3.05, 3.63) is 12.2 Å². The maximum atomic E-state index is 11.8. The smallest absolute Gasteiger partial charge is 0.336 e. The number of hydrogen-bond donors (Lipinski definition) is 2. The molecule has 13 heavy (non-hydrogen) atoms. The first-order valence-electron chi connectivity index (χ1n) is 3.36. The van der Waals surface area contributed by atoms with Crippen LogP contribution in [0.3, 0.4) is 0 Å². The van der Waals surface area contributed by atoms with Crippen LogP contribution >= 0.6 is 0 Å². The van der Waals surface area contributed by atoms with E-state index in [1.54, 1.807) is 0 Å². The Kier molecular flexibility index (Phi) is 6.07. The molecule has 0 aromatic carbocycles. The van der Waals surface area contributed by atoms with Crippen molar-refractivity contribution in [1.29, 1.82) is 0 Å². The first-order valence-corrected chi connectivity index (χ1v) is 4.54. The van der Waals surface area contributed by atoms with Gasteiger partial charge >= 0.3 is 5.97 Å². The molecule has 0 heterocycles. The molecule has 0 rings (SSSR count). The number of hydrogen-bond acceptors (Lipinski definition) is 4. The lowest BCUT2D eigenvalue weighted by Gasteiger charge is -2.02. The molecule has 0 aliphatic carbocycles. The number of thiol groups is 1. The summed E-state index contributed by atoms with van der Waals surface area (Å²) in [6.45, 7) is 1.97. The normalized spacial score (nSPS) is 10.0. The molecule has 5 nitrogen and oxygen atoms in total. The van der Waals surface area contributed by atoms with Gasteiger partial charge in [-0.1, -0.05) is 6.58 Å². The number of carbonyl (C=O) groups is 1. The van der Waals surface area contributed by atoms with E-state index < -0.39 is 23.5 Å². The Hall–Kier alpha value is -0.950. The van der Waals surface area contributed by atoms with Crippen LogP contribution in [0.25, 0.3) is 0 Å². The van der Waals surface area contributed by atoms with Crippen molar-refractivity contribution in [3.8, 4) is 0 Å². The summed E-state index contributed by atoms with van der Waals surface area (Å²) >= 11 is 0. The minimum Gasteiger partial charge on any atom is -0.461 e. The molecule has 1 N–H and O–H groups in total. The predicted molar refractivity (Wildman–Crippen MR) is 44.4 cm³/mol. The van der Waals surface area contributed by atoms with E-state index in [1.165, 1.54) is 0 Å². The first-order chi connectivity index (χ1) is 6.07. The van der Waals surface area contributed by atoms with Crippen molar-refractivity contribution in [2.45, 2.75) is 0 Å². The summed E-state index contributed by atoms with van der Waals surface area (Å²) in [5.41, 5.74) is -0.286. The fourth-order valence-electron chi connectivity index (χ4n) is 0.437. The topological polar surface area (TPSA) is 72.5 Å². The molecule has 0 atom stereocenters. The van der Waals surface area contributed by atoms with Gasteiger partial charge in [0, 0.05) is 6.54 Å². The van der Waals surface area contributed by atoms with E-state index in [4.69, 9.17) is 0 Å². The lowest BCUT2D eigenvalue weighted by Crippen LogP contribution is -2.20. The molecule has 0 saturated heterocycles. The Bertz CT molecular complexity index is 255. The zero-order chi connectivity index (χ0) is 10.3. The van der Waals surface area contributed by atoms with Crippen molar-refractivity contribution < 1.29 is 22.3 Å². The van der Waals surface area contributed by atoms with Crippen LogP contribution in [0, 0.1) is 0 Å². The SMILES string of the molecule is C=C(CF)C(=O)OCCN[SH](=O)=O. The van der Waals surface area contributed by atoms with Crippen LogP contribution in [0.2, 0.25) is 0 Å². The van der Waals surface area contributed by atoms with Crippen molar-refractivity contribution in [3.63, 3.8) is 0 Å². The van der Waals surface area contributed by atoms with Crippen LogP contribution in [0.5, 0.6) is 0 Å². The quantitative estimate of drug-likeness (QED) is 0.260. The van der Waals surface area contributed by atoms with E-state index in [-0.39, 0.29) is 18.7 Å². The molecule has 0 aliphatic heterocycles. The van der Waals surface area contributed by atoms with E-state index in [0.29, 0.717) is 0 Å². The molecule has 0 saturated carbocycles. The minimum atomic E-state index is -2.69. The summed E-state index contributed by atoms with van der Waals surface area (Å²) in [5, 5.41) is 0. The molecule has 0 aromatic heterocycles. The number of rotatable bonds is 6. The third-order valence-corrected chi connectivity index (χ3v) is 1.51. The first kappa shape index (κ1) is 12.0. The average Bonchev–Trinajstić information content (AvgIpc) is 2.10. The van der Waals surface area contributed by atoms with Gasteiger partial charge in [-0.15, -0.1) is 0 Å². The number of alkyl halides is 1. The fraction of sp³-hybridized carbons (Fsp3) is 0.500. The Morgan fingerprint density at radius 1 is 1.54 bits per heavy atom. The van der Waals surface area contributed by atoms with Gasteiger partial charge in [-0.2, -0.15) is 0 Å². The Morgan fingerprint density at radius 3 is 2.62 bits per heavy atom. The Morgan fingerprint density at radius 2 is 2.15 bits per heavy atom. The van der Waals surface area contributed by atoms with Gasteiger partial charge in [-0.25, -0.2) is 22.3 Å². The lowest BCUT2D eigenvalue weighted by atomic mass is 10.3. The molecule has 0 spiro atoms. The molecule has 76 valence electrons. The van der Waals surface area contributed by atoms with Crippen molar-refractivity contribution in [2.75, 3.05) is 19.8 Å². The van der Waals surface area contributed by atoms with E-state index in [1.807, 2.05) is 4.72 Å². The van der Waals surface area contributed by atoms with Gasteiger partial charge in [0.1, 0.15) is 13.3 Å². The highest BCUT2D eigenvalue weighted by Crippen LogP contribution is 1.94. The number of halogens is 1. The average molecular weight is 211 g/mol. The standard InChI is InChI=1S/C6H10FNO4S/c1-5(4-7)6(9)12-3-2-8-13(10)11/h13H,1-4H2,(H,8,10,11). The summed E-state index contributed by atoms with van der Waals surface area (Å²) < 4.78 is 38.1. The monoisotopic (exact) mass is 211 g/mol. The van der Waals surface area contributed by atoms with E-state index >= 15 is 0 Å². The molecule has 0 aromatic rings. The van der Waals surface area contributed by atoms with Crippen LogP contribution in [-0.2, 0) is 20.4 Å². The van der Waals surface area contributed by atoms with E-state index in [0.717, 1.165) is 0 Å². The van der Waals surface area contributed by atoms with Crippen LogP contribution < -0.4 is 4.72 Å². The summed E-state index contributed by atoms with van der Waals surface area (Å²) in [6.07, 6.45) is 0. The minimum absolute atomic E-state index is 0.0238. The Balaban J connectivity index is 3.54. The molecule has 0 radical (unpaired) electrons. The fourth-order valence-corrected chi connectivity index (χ4v) is 0.711. The van der Waals surface area contributed by atoms with Crippen LogP contribution in [0.15, 0.2) is 12.2 Å². The van der Waals surface area contributed by atoms with Crippen LogP contribution in [0.4, 0.5) is 4.39 Å². The molecule has 0 bridgehead atoms. The van der Waals surface area contributed by atoms with Crippen LogP contribution in [0.1, 0.15) is 0 Å². The van der Waals surface area contributed by atoms with Gasteiger partial charge in [0.05, 0.1) is 5.57 Å². The van der Waals surface area contributed by atoms with Crippen molar-refractivity contribution >= 4 is 16.9 Å². The lowest BCUT2D eigenvalue weighted by molar-refractivity contribution is -0.139. The van der Waals surface area contributed by atoms with Gasteiger partial charge in [-0.3, -0.25) is 0 Å². The van der Waals surface area contributed by atoms with E-state index in [9.17, 15) is 17.6 Å². The zero-order valence-corrected chi connectivity index (χ0v) is 7.68. The maximum absolute atomic E-state index is 11.8. The Labute approximate surface area is 76.7 Å². The summed E-state index contributed by atoms with van der Waals surface area (Å²) in [4.78, 5) is 10.7. The summed E-state index contributed by atoms with van der Waals surface area (Å²) in [6, 6.07) is 0. The molecule has 0 amide bonds. The number of esters is 1. The highest BCUT2D eigenvalue weighted by atomic mass is 32.2. The van der Waals surface area contributed by atoms with E-state index in [2.05, 4.69) is 11.3 Å². The van der Waals surface area contributed by atoms with Gasteiger partial charge in [0.2, 0.25) is 10.9 Å². The number of nitrogens with one attached hydrogen (secondary N) is 1. The number of ether oxygens (including phenoxy) is 1. The van der Waals surface area contributed by atoms with Gasteiger partial charge in [0.15, 0.2) is 0 Å². The van der Waals surface area contributed by atoms with Crippen molar-refractivity contribution in [1.82, 2.24) is 4.72 Å². The highest BCUT2D eigenvalue weighted by Gasteiger charge is 2.06. The van der Waals surface area contributed by atoms with Crippen LogP contribution in [-0.4, -0.2) is 34.2 Å². The molecule has 0 fully saturated rings. The summed E-state index contributed by atoms with van der Waals surface area (Å²) in [5.74, 6) is -0.856. The van der Waals surface area contributed by atoms with Crippen molar-refractivity contribution in [2.24, 2.45) is 0 Å². The van der Waals surface area contributed by atoms with Gasteiger partial charge in [-0.05, 0) is 0 Å². The molecular weight excluding hydrogens is 201 g/mol. The maximum Gasteiger partial charge on any atom is 0.336 e. The third kappa shape index (κ3) is 6.23. The zero-order valence-electron chi connectivity index (χ0n) is 6.79. The molecular formula is C6H10FNO4S. The second-order valence-electron chi connectivity index (χ2n) is 2.04. The third-order valence-electron chi connectivity index (χ3n) is 1.03. The molecule has 7 heteroatoms. The van der Waals surface area contributed by atoms with Gasteiger partial charge < -0.3 is 4.74 Å². The highest BCUT2D eigenvalue weighted by molar-refractivity contribution is 7.70. The summed E-state index contributed by atoms with van der Waals surface area (Å²) in [7, 11) is -2.69. The molecule has 0 unspecified atom stereocenters. The largest absolute Gasteiger partial charge is 0.461 e. The van der Waals surface area contributed by atoms with Gasteiger partial charge in [0.25, 0.3) is 0 Å². The molecule has 0 aliphatic rings. The second-order valence-corrected chi connectivity index (χ2v) is 2.87. The second kappa shape index (κ2) is 6.55. The number of carbonyl (C=O) groups excluding carboxylic acids is 1.